The van der Waals surface area contributed by atoms with Gasteiger partial charge in [0, 0.05) is 37.4 Å². The first-order valence-electron chi connectivity index (χ1n) is 29.0. The van der Waals surface area contributed by atoms with E-state index in [2.05, 4.69) is 43.5 Å². The number of phosphoric ester groups is 3. The molecule has 6 aromatic rings. The number of carbonyl (C=O) groups is 4. The lowest BCUT2D eigenvalue weighted by molar-refractivity contribution is -0.347. The number of hydrogen-bond donors (Lipinski definition) is 10. The van der Waals surface area contributed by atoms with Crippen LogP contribution in [0.15, 0.2) is 110 Å². The lowest BCUT2D eigenvalue weighted by atomic mass is 9.87. The predicted molar refractivity (Wildman–Crippen MR) is 350 cm³/mol. The lowest BCUT2D eigenvalue weighted by Crippen LogP contribution is -2.46. The molecule has 1 fully saturated rings. The number of ether oxygens (including phenoxy) is 6. The van der Waals surface area contributed by atoms with Gasteiger partial charge in [-0.1, -0.05) is 69.8 Å². The molecule has 4 aromatic carbocycles. The van der Waals surface area contributed by atoms with E-state index in [1.165, 1.54) is 84.8 Å². The number of phenols is 4. The zero-order valence-corrected chi connectivity index (χ0v) is 56.3. The minimum absolute atomic E-state index is 0. The summed E-state index contributed by atoms with van der Waals surface area (Å²) in [5, 5.41) is 72.6. The zero-order valence-electron chi connectivity index (χ0n) is 53.7. The smallest absolute Gasteiger partial charge is 0.331 e. The number of methoxy groups -OCH3 is 4. The van der Waals surface area contributed by atoms with E-state index in [0.717, 1.165) is 28.3 Å². The number of nitrogens with two attached hydrogens (primary N) is 1. The normalized spacial score (nSPS) is 16.9. The summed E-state index contributed by atoms with van der Waals surface area (Å²) in [6, 6.07) is 19.1. The van der Waals surface area contributed by atoms with E-state index in [-0.39, 0.29) is 98.1 Å². The van der Waals surface area contributed by atoms with Crippen molar-refractivity contribution in [1.82, 2.24) is 30.2 Å². The number of nitrogens with one attached hydrogen (secondary N) is 2. The first kappa shape index (κ1) is 83.3. The molecule has 11 N–H and O–H groups in total. The number of aliphatic hydroxyl groups is 3. The summed E-state index contributed by atoms with van der Waals surface area (Å²) in [6.07, 6.45) is 4.62. The van der Waals surface area contributed by atoms with Crippen LogP contribution in [0.1, 0.15) is 62.6 Å². The second-order valence-electron chi connectivity index (χ2n) is 21.2. The van der Waals surface area contributed by atoms with Gasteiger partial charge in [-0.15, -0.1) is 0 Å². The Hall–Kier alpha value is -9.12. The standard InChI is InChI=1S/C31H44N7O19P3.C20H20O6.C10H12O3.CH4/c1-31(2,26(43)29(44)34-11-9-22(41)33-10-8-18(39)6-4-17-5-7-19(40)20(12-17)52-3)14-54-60(50,51)57-59(48,49)53-13-21-25(56-58(45,46)47)24(42)30(55-21)38-16-37-23-27(32)35-15-36-28(23)38;1-24-18-12-14(5-8-16(18)21)4-3-11-26-20(23)10-7-15-6-9-17(22)19(13-15)25-2;1-13-10-7-8(3-2-6-11)4-5-9(10)12;/h4-7,12,15-16,21,24-26,30,40,42-43H,8-11,13-14H2,1-3H3,(H,33,41)(H,34,44)(H,48,49)(H,50,51)(H2,32,35,36)(H2,45,46,47);3-10,12-13,21-22H,11H2,1-2H3;2-5,7,11-12H,6H2,1H3;1H4/p-4/b6-4+;4-3+,10-7+;3-2+;. The Morgan fingerprint density at radius 3 is 1.70 bits per heavy atom. The van der Waals surface area contributed by atoms with Gasteiger partial charge in [0.2, 0.25) is 11.8 Å². The summed E-state index contributed by atoms with van der Waals surface area (Å²) in [7, 11) is -11.9. The van der Waals surface area contributed by atoms with Crippen molar-refractivity contribution in [1.29, 1.82) is 0 Å². The molecule has 546 valence electrons. The number of hydrogen-bond acceptors (Lipinski definition) is 32. The average Bonchev–Trinajstić information content (AvgIpc) is 1.61. The average molecular weight is 1460 g/mol. The Labute approximate surface area is 572 Å². The number of benzene rings is 4. The Balaban J connectivity index is 0.000000430. The number of imidazole rings is 1. The molecule has 0 aliphatic carbocycles. The molecule has 1 saturated heterocycles. The number of fused-ring (bicyclic) bond motifs is 1. The van der Waals surface area contributed by atoms with Crippen LogP contribution in [0.5, 0.6) is 46.0 Å². The van der Waals surface area contributed by atoms with Crippen LogP contribution in [0, 0.1) is 5.41 Å². The lowest BCUT2D eigenvalue weighted by Gasteiger charge is -2.36. The fourth-order valence-electron chi connectivity index (χ4n) is 8.42. The summed E-state index contributed by atoms with van der Waals surface area (Å²) in [4.78, 5) is 108. The molecule has 100 heavy (non-hydrogen) atoms. The zero-order chi connectivity index (χ0) is 73.3. The van der Waals surface area contributed by atoms with Crippen molar-refractivity contribution in [2.45, 2.75) is 64.8 Å². The molecule has 2 aromatic heterocycles. The Morgan fingerprint density at radius 1 is 0.700 bits per heavy atom. The van der Waals surface area contributed by atoms with Crippen molar-refractivity contribution in [2.24, 2.45) is 5.41 Å². The quantitative estimate of drug-likeness (QED) is 0.0165. The highest BCUT2D eigenvalue weighted by Crippen LogP contribution is 2.56. The molecule has 2 amide bonds. The summed E-state index contributed by atoms with van der Waals surface area (Å²) >= 11 is 0. The summed E-state index contributed by atoms with van der Waals surface area (Å²) in [5.74, 6) is -1.02. The minimum atomic E-state index is -5.94. The number of esters is 1. The fraction of sp³-hybridized carbons (Fsp3) is 0.339. The molecule has 7 atom stereocenters. The molecule has 7 unspecified atom stereocenters. The number of nitrogen functional groups attached to an aromatic ring is 1. The van der Waals surface area contributed by atoms with E-state index < -0.39 is 90.5 Å². The van der Waals surface area contributed by atoms with Crippen molar-refractivity contribution in [3.8, 4) is 46.0 Å². The molecular formula is C62H76N7O28P3-4. The number of phenolic OH excluding ortho intramolecular Hbond substituents is 4. The van der Waals surface area contributed by atoms with Crippen molar-refractivity contribution >= 4 is 88.3 Å². The highest BCUT2D eigenvalue weighted by Gasteiger charge is 2.47. The first-order valence-corrected chi connectivity index (χ1v) is 33.4. The summed E-state index contributed by atoms with van der Waals surface area (Å²) in [6.45, 7) is -0.171. The van der Waals surface area contributed by atoms with Gasteiger partial charge in [0.25, 0.3) is 15.6 Å². The van der Waals surface area contributed by atoms with E-state index >= 15 is 0 Å². The highest BCUT2D eigenvalue weighted by molar-refractivity contribution is 7.59. The maximum absolute atomic E-state index is 12.6. The molecule has 3 heterocycles. The second-order valence-corrected chi connectivity index (χ2v) is 25.3. The van der Waals surface area contributed by atoms with Crippen LogP contribution >= 0.6 is 23.5 Å². The van der Waals surface area contributed by atoms with Crippen LogP contribution in [0.3, 0.4) is 0 Å². The first-order chi connectivity index (χ1) is 46.7. The van der Waals surface area contributed by atoms with Crippen LogP contribution in [0.2, 0.25) is 0 Å². The van der Waals surface area contributed by atoms with Crippen LogP contribution in [-0.2, 0) is 60.2 Å². The molecule has 0 bridgehead atoms. The second kappa shape index (κ2) is 39.0. The molecule has 1 aliphatic heterocycles. The fourth-order valence-corrected chi connectivity index (χ4v) is 11.2. The SMILES string of the molecule is C.COc1cc(/C=C/C(=O)CCNC(=O)CCNC(=O)C(O)C(C)(C)COP(=O)([O-])OP(=O)([O-])OCC2OC(n3cnc4c(N)ncnc43)C(O)C2OP(=O)([O-])[O-])ccc1O.COc1cc(/C=C/CO)ccc1O.COc1cc(/C=C/COC(=O)/C=C/c2ccc(O)c(OC)c2)ccc1O. The van der Waals surface area contributed by atoms with Gasteiger partial charge in [-0.2, -0.15) is 0 Å². The number of aromatic hydroxyl groups is 4. The topological polar surface area (TPSA) is 539 Å². The van der Waals surface area contributed by atoms with Crippen molar-refractivity contribution in [3.63, 3.8) is 0 Å². The molecule has 0 saturated carbocycles. The number of nitrogens with zero attached hydrogens (tertiary/aromatic N) is 4. The highest BCUT2D eigenvalue weighted by atomic mass is 31.3. The Morgan fingerprint density at radius 2 is 1.19 bits per heavy atom. The Bertz CT molecular complexity index is 4010. The van der Waals surface area contributed by atoms with E-state index in [9.17, 15) is 83.1 Å². The van der Waals surface area contributed by atoms with Gasteiger partial charge in [0.15, 0.2) is 69.5 Å². The van der Waals surface area contributed by atoms with Gasteiger partial charge < -0.3 is 118 Å². The third-order valence-electron chi connectivity index (χ3n) is 13.5. The third kappa shape index (κ3) is 26.5. The Kier molecular flexibility index (Phi) is 32.5. The number of anilines is 1. The molecule has 1 aliphatic rings. The monoisotopic (exact) mass is 1460 g/mol. The van der Waals surface area contributed by atoms with Crippen LogP contribution in [-0.4, -0.2) is 171 Å². The molecule has 35 nitrogen and oxygen atoms in total. The number of rotatable bonds is 32. The van der Waals surface area contributed by atoms with Gasteiger partial charge in [-0.25, -0.2) is 24.1 Å². The number of carbonyl (C=O) groups excluding carboxylic acids is 4. The van der Waals surface area contributed by atoms with Gasteiger partial charge in [-0.3, -0.25) is 28.1 Å². The molecular weight excluding hydrogens is 1380 g/mol. The van der Waals surface area contributed by atoms with Crippen LogP contribution in [0.4, 0.5) is 5.82 Å². The maximum Gasteiger partial charge on any atom is 0.331 e. The van der Waals surface area contributed by atoms with E-state index in [4.69, 9.17) is 39.3 Å². The largest absolute Gasteiger partial charge is 0.790 e. The number of aliphatic hydroxyl groups excluding tert-OH is 3. The number of aromatic nitrogens is 4. The van der Waals surface area contributed by atoms with Gasteiger partial charge in [0.05, 0.1) is 62.4 Å². The number of amides is 2. The van der Waals surface area contributed by atoms with E-state index in [1.54, 1.807) is 78.9 Å². The predicted octanol–water partition coefficient (Wildman–Crippen LogP) is 2.69. The maximum atomic E-state index is 12.6. The molecule has 0 spiro atoms. The van der Waals surface area contributed by atoms with Crippen LogP contribution in [0.25, 0.3) is 35.5 Å². The van der Waals surface area contributed by atoms with Gasteiger partial charge in [-0.05, 0) is 89.0 Å². The number of ketones is 1. The summed E-state index contributed by atoms with van der Waals surface area (Å²) in [5.41, 5.74) is 6.99. The van der Waals surface area contributed by atoms with Gasteiger partial charge >= 0.3 is 5.97 Å². The van der Waals surface area contributed by atoms with Crippen molar-refractivity contribution in [3.05, 3.63) is 132 Å². The molecule has 38 heteroatoms. The third-order valence-corrected chi connectivity index (χ3v) is 16.5. The van der Waals surface area contributed by atoms with Crippen LogP contribution < -0.4 is 54.9 Å². The minimum Gasteiger partial charge on any atom is -0.790 e. The van der Waals surface area contributed by atoms with E-state index in [1.807, 2.05) is 0 Å². The molecule has 0 radical (unpaired) electrons. The van der Waals surface area contributed by atoms with E-state index in [0.29, 0.717) is 28.4 Å². The molecule has 7 rings (SSSR count). The van der Waals surface area contributed by atoms with Gasteiger partial charge in [0.1, 0.15) is 42.9 Å². The van der Waals surface area contributed by atoms with Crippen molar-refractivity contribution < 1.29 is 134 Å². The number of phosphoric acid groups is 3. The summed E-state index contributed by atoms with van der Waals surface area (Å²) < 4.78 is 85.6. The number of allylic oxidation sites excluding steroid dienone is 1. The van der Waals surface area contributed by atoms with Crippen molar-refractivity contribution in [2.75, 3.05) is 73.7 Å².